The van der Waals surface area contributed by atoms with E-state index in [-0.39, 0.29) is 17.9 Å². The summed E-state index contributed by atoms with van der Waals surface area (Å²) in [7, 11) is 0. The first-order valence-electron chi connectivity index (χ1n) is 8.30. The molecule has 1 aliphatic rings. The molecule has 2 amide bonds. The second-order valence-electron chi connectivity index (χ2n) is 6.17. The molecule has 1 aliphatic heterocycles. The van der Waals surface area contributed by atoms with Gasteiger partial charge in [0.25, 0.3) is 5.91 Å². The van der Waals surface area contributed by atoms with Crippen LogP contribution in [0.15, 0.2) is 55.0 Å². The second-order valence-corrected chi connectivity index (χ2v) is 6.17. The number of benzene rings is 1. The lowest BCUT2D eigenvalue weighted by Gasteiger charge is -2.16. The number of hydrogen-bond acceptors (Lipinski definition) is 4. The van der Waals surface area contributed by atoms with Gasteiger partial charge in [-0.05, 0) is 42.3 Å². The minimum absolute atomic E-state index is 0.00455. The Morgan fingerprint density at radius 1 is 1.19 bits per heavy atom. The molecule has 0 saturated carbocycles. The van der Waals surface area contributed by atoms with E-state index in [1.165, 1.54) is 0 Å². The third-order valence-electron chi connectivity index (χ3n) is 4.38. The average Bonchev–Trinajstić information content (AvgIpc) is 3.27. The average molecular weight is 347 g/mol. The van der Waals surface area contributed by atoms with Crippen molar-refractivity contribution in [2.75, 3.05) is 5.32 Å². The molecule has 0 saturated heterocycles. The quantitative estimate of drug-likeness (QED) is 0.758. The molecule has 0 radical (unpaired) electrons. The third kappa shape index (κ3) is 2.95. The van der Waals surface area contributed by atoms with Crippen molar-refractivity contribution in [3.05, 3.63) is 71.8 Å². The number of hydrogen-bond donors (Lipinski definition) is 2. The van der Waals surface area contributed by atoms with E-state index >= 15 is 0 Å². The molecule has 26 heavy (non-hydrogen) atoms. The van der Waals surface area contributed by atoms with Gasteiger partial charge in [-0.25, -0.2) is 4.68 Å². The van der Waals surface area contributed by atoms with Crippen LogP contribution in [0.5, 0.6) is 0 Å². The van der Waals surface area contributed by atoms with Crippen LogP contribution in [0, 0.1) is 0 Å². The summed E-state index contributed by atoms with van der Waals surface area (Å²) < 4.78 is 1.58. The van der Waals surface area contributed by atoms with Crippen LogP contribution < -0.4 is 10.6 Å². The van der Waals surface area contributed by atoms with Crippen LogP contribution in [-0.4, -0.2) is 26.6 Å². The first kappa shape index (κ1) is 16.0. The molecule has 1 unspecified atom stereocenters. The normalized spacial score (nSPS) is 13.8. The maximum absolute atomic E-state index is 12.7. The van der Waals surface area contributed by atoms with Crippen molar-refractivity contribution in [1.82, 2.24) is 20.1 Å². The van der Waals surface area contributed by atoms with Gasteiger partial charge in [0.05, 0.1) is 24.3 Å². The molecule has 0 aliphatic carbocycles. The first-order valence-corrected chi connectivity index (χ1v) is 8.30. The summed E-state index contributed by atoms with van der Waals surface area (Å²) >= 11 is 0. The first-order chi connectivity index (χ1) is 12.6. The summed E-state index contributed by atoms with van der Waals surface area (Å²) in [6, 6.07) is 10.8. The van der Waals surface area contributed by atoms with Crippen LogP contribution >= 0.6 is 0 Å². The van der Waals surface area contributed by atoms with Gasteiger partial charge in [0.15, 0.2) is 0 Å². The summed E-state index contributed by atoms with van der Waals surface area (Å²) in [6.45, 7) is 1.91. The number of nitrogens with one attached hydrogen (secondary N) is 2. The fourth-order valence-electron chi connectivity index (χ4n) is 3.04. The highest BCUT2D eigenvalue weighted by molar-refractivity contribution is 5.99. The number of rotatable bonds is 4. The number of carbonyl (C=O) groups is 2. The van der Waals surface area contributed by atoms with E-state index in [2.05, 4.69) is 20.7 Å². The zero-order valence-electron chi connectivity index (χ0n) is 14.1. The van der Waals surface area contributed by atoms with Crippen LogP contribution in [-0.2, 0) is 11.2 Å². The molecule has 0 bridgehead atoms. The van der Waals surface area contributed by atoms with Crippen LogP contribution in [0.1, 0.15) is 34.6 Å². The van der Waals surface area contributed by atoms with Crippen molar-refractivity contribution in [2.45, 2.75) is 19.4 Å². The van der Waals surface area contributed by atoms with Gasteiger partial charge in [0.2, 0.25) is 5.91 Å². The zero-order chi connectivity index (χ0) is 18.1. The number of fused-ring (bicyclic) bond motifs is 1. The molecule has 1 atom stereocenters. The molecule has 3 heterocycles. The Morgan fingerprint density at radius 3 is 2.81 bits per heavy atom. The Hall–Kier alpha value is -3.48. The van der Waals surface area contributed by atoms with Gasteiger partial charge in [-0.2, -0.15) is 5.10 Å². The lowest BCUT2D eigenvalue weighted by Crippen LogP contribution is -2.28. The summed E-state index contributed by atoms with van der Waals surface area (Å²) in [5, 5.41) is 10.0. The van der Waals surface area contributed by atoms with Gasteiger partial charge in [-0.15, -0.1) is 0 Å². The highest BCUT2D eigenvalue weighted by atomic mass is 16.2. The molecule has 2 aromatic heterocycles. The van der Waals surface area contributed by atoms with E-state index in [0.29, 0.717) is 12.1 Å². The van der Waals surface area contributed by atoms with Crippen LogP contribution in [0.3, 0.4) is 0 Å². The van der Waals surface area contributed by atoms with Gasteiger partial charge in [0, 0.05) is 18.1 Å². The lowest BCUT2D eigenvalue weighted by molar-refractivity contribution is -0.115. The zero-order valence-corrected chi connectivity index (χ0v) is 14.1. The van der Waals surface area contributed by atoms with Gasteiger partial charge in [-0.1, -0.05) is 12.1 Å². The SMILES string of the molecule is CC(NC(=O)c1ccnn1-c1ccncc1)c1ccc2c(c1)CC(=O)N2. The van der Waals surface area contributed by atoms with Crippen molar-refractivity contribution in [1.29, 1.82) is 0 Å². The summed E-state index contributed by atoms with van der Waals surface area (Å²) in [6.07, 6.45) is 5.27. The predicted octanol–water partition coefficient (Wildman–Crippen LogP) is 2.25. The molecule has 1 aromatic carbocycles. The third-order valence-corrected chi connectivity index (χ3v) is 4.38. The lowest BCUT2D eigenvalue weighted by atomic mass is 10.0. The molecular weight excluding hydrogens is 330 g/mol. The van der Waals surface area contributed by atoms with E-state index in [1.807, 2.05) is 25.1 Å². The summed E-state index contributed by atoms with van der Waals surface area (Å²) in [5.41, 5.74) is 3.96. The Balaban J connectivity index is 1.54. The Kier molecular flexibility index (Phi) is 3.96. The maximum atomic E-state index is 12.7. The van der Waals surface area contributed by atoms with Gasteiger partial charge < -0.3 is 10.6 Å². The standard InChI is InChI=1S/C19H17N5O2/c1-12(13-2-3-16-14(10-13)11-18(25)23-16)22-19(26)17-6-9-21-24(17)15-4-7-20-8-5-15/h2-10,12H,11H2,1H3,(H,22,26)(H,23,25). The molecule has 0 spiro atoms. The van der Waals surface area contributed by atoms with Crippen molar-refractivity contribution < 1.29 is 9.59 Å². The van der Waals surface area contributed by atoms with Crippen LogP contribution in [0.25, 0.3) is 5.69 Å². The number of aromatic nitrogens is 3. The van der Waals surface area contributed by atoms with E-state index in [9.17, 15) is 9.59 Å². The number of anilines is 1. The van der Waals surface area contributed by atoms with Gasteiger partial charge in [-0.3, -0.25) is 14.6 Å². The van der Waals surface area contributed by atoms with Crippen molar-refractivity contribution >= 4 is 17.5 Å². The largest absolute Gasteiger partial charge is 0.344 e. The van der Waals surface area contributed by atoms with E-state index in [0.717, 1.165) is 22.5 Å². The highest BCUT2D eigenvalue weighted by Gasteiger charge is 2.20. The number of amides is 2. The molecule has 4 rings (SSSR count). The fraction of sp³-hybridized carbons (Fsp3) is 0.158. The Morgan fingerprint density at radius 2 is 2.00 bits per heavy atom. The Labute approximate surface area is 150 Å². The monoisotopic (exact) mass is 347 g/mol. The molecule has 7 heteroatoms. The molecule has 130 valence electrons. The number of carbonyl (C=O) groups excluding carboxylic acids is 2. The smallest absolute Gasteiger partial charge is 0.270 e. The Bertz CT molecular complexity index is 981. The predicted molar refractivity (Wildman–Crippen MR) is 96.0 cm³/mol. The van der Waals surface area contributed by atoms with Gasteiger partial charge in [0.1, 0.15) is 5.69 Å². The van der Waals surface area contributed by atoms with Crippen molar-refractivity contribution in [3.63, 3.8) is 0 Å². The van der Waals surface area contributed by atoms with Gasteiger partial charge >= 0.3 is 0 Å². The minimum atomic E-state index is -0.221. The maximum Gasteiger partial charge on any atom is 0.270 e. The number of nitrogens with zero attached hydrogens (tertiary/aromatic N) is 3. The van der Waals surface area contributed by atoms with E-state index in [4.69, 9.17) is 0 Å². The second kappa shape index (κ2) is 6.44. The van der Waals surface area contributed by atoms with E-state index in [1.54, 1.807) is 41.5 Å². The van der Waals surface area contributed by atoms with Crippen LogP contribution in [0.2, 0.25) is 0 Å². The van der Waals surface area contributed by atoms with Crippen molar-refractivity contribution in [3.8, 4) is 5.69 Å². The molecule has 2 N–H and O–H groups in total. The molecular formula is C19H17N5O2. The fourth-order valence-corrected chi connectivity index (χ4v) is 3.04. The molecule has 0 fully saturated rings. The molecule has 3 aromatic rings. The van der Waals surface area contributed by atoms with Crippen LogP contribution in [0.4, 0.5) is 5.69 Å². The number of pyridine rings is 1. The minimum Gasteiger partial charge on any atom is -0.344 e. The van der Waals surface area contributed by atoms with E-state index < -0.39 is 0 Å². The highest BCUT2D eigenvalue weighted by Crippen LogP contribution is 2.26. The topological polar surface area (TPSA) is 88.9 Å². The molecule has 7 nitrogen and oxygen atoms in total. The summed E-state index contributed by atoms with van der Waals surface area (Å²) in [4.78, 5) is 28.2. The summed E-state index contributed by atoms with van der Waals surface area (Å²) in [5.74, 6) is -0.225. The van der Waals surface area contributed by atoms with Crippen molar-refractivity contribution in [2.24, 2.45) is 0 Å².